The van der Waals surface area contributed by atoms with Gasteiger partial charge in [-0.15, -0.1) is 0 Å². The average Bonchev–Trinajstić information content (AvgIpc) is 3.30. The van der Waals surface area contributed by atoms with Crippen molar-refractivity contribution in [2.45, 2.75) is 39.0 Å². The van der Waals surface area contributed by atoms with E-state index in [9.17, 15) is 18.0 Å². The van der Waals surface area contributed by atoms with Crippen molar-refractivity contribution in [3.8, 4) is 0 Å². The Labute approximate surface area is 160 Å². The molecule has 7 nitrogen and oxygen atoms in total. The van der Waals surface area contributed by atoms with Gasteiger partial charge in [0.2, 0.25) is 5.82 Å². The first-order valence-corrected chi connectivity index (χ1v) is 8.89. The Kier molecular flexibility index (Phi) is 5.59. The van der Waals surface area contributed by atoms with Gasteiger partial charge in [0, 0.05) is 37.4 Å². The highest BCUT2D eigenvalue weighted by molar-refractivity contribution is 5.90. The van der Waals surface area contributed by atoms with Gasteiger partial charge in [-0.3, -0.25) is 4.79 Å². The number of nitrogens with one attached hydrogen (secondary N) is 2. The standard InChI is InChI=1S/C18H22F3N5O2/c1-10-11(2)24-15(17(27)22-3)25-16(10)26-5-4-13(8-26)23-7-14-6-12(9-28-14)18(19,20)21/h6,9,13,23H,4-5,7-8H2,1-3H3,(H,22,27)/t13-/m1/s1. The number of carbonyl (C=O) groups excluding carboxylic acids is 1. The molecule has 1 aliphatic rings. The summed E-state index contributed by atoms with van der Waals surface area (Å²) in [5, 5.41) is 5.74. The van der Waals surface area contributed by atoms with Gasteiger partial charge >= 0.3 is 6.18 Å². The number of hydrogen-bond donors (Lipinski definition) is 2. The highest BCUT2D eigenvalue weighted by Crippen LogP contribution is 2.30. The Bertz CT molecular complexity index is 865. The van der Waals surface area contributed by atoms with E-state index in [0.29, 0.717) is 18.9 Å². The highest BCUT2D eigenvalue weighted by Gasteiger charge is 2.33. The second kappa shape index (κ2) is 7.78. The largest absolute Gasteiger partial charge is 0.467 e. The number of amides is 1. The molecule has 1 aliphatic heterocycles. The number of aryl methyl sites for hydroxylation is 1. The van der Waals surface area contributed by atoms with Crippen LogP contribution in [0.2, 0.25) is 0 Å². The van der Waals surface area contributed by atoms with Gasteiger partial charge in [-0.05, 0) is 26.3 Å². The summed E-state index contributed by atoms with van der Waals surface area (Å²) >= 11 is 0. The second-order valence-electron chi connectivity index (χ2n) is 6.77. The zero-order valence-corrected chi connectivity index (χ0v) is 15.9. The SMILES string of the molecule is CNC(=O)c1nc(C)c(C)c(N2CC[C@@H](NCc3cc(C(F)(F)F)co3)C2)n1. The molecule has 1 atom stereocenters. The summed E-state index contributed by atoms with van der Waals surface area (Å²) in [5.41, 5.74) is 0.843. The van der Waals surface area contributed by atoms with E-state index in [1.807, 2.05) is 13.8 Å². The van der Waals surface area contributed by atoms with Crippen LogP contribution in [0.4, 0.5) is 19.0 Å². The van der Waals surface area contributed by atoms with Crippen molar-refractivity contribution < 1.29 is 22.4 Å². The van der Waals surface area contributed by atoms with Crippen LogP contribution in [0.15, 0.2) is 16.7 Å². The van der Waals surface area contributed by atoms with Gasteiger partial charge in [0.15, 0.2) is 0 Å². The highest BCUT2D eigenvalue weighted by atomic mass is 19.4. The average molecular weight is 397 g/mol. The molecule has 2 aromatic rings. The predicted octanol–water partition coefficient (Wildman–Crippen LogP) is 2.43. The summed E-state index contributed by atoms with van der Waals surface area (Å²) in [6.45, 7) is 5.28. The normalized spacial score (nSPS) is 17.2. The molecule has 1 saturated heterocycles. The Morgan fingerprint density at radius 3 is 2.75 bits per heavy atom. The molecule has 3 rings (SSSR count). The molecule has 28 heavy (non-hydrogen) atoms. The summed E-state index contributed by atoms with van der Waals surface area (Å²) in [7, 11) is 1.52. The predicted molar refractivity (Wildman–Crippen MR) is 96.1 cm³/mol. The summed E-state index contributed by atoms with van der Waals surface area (Å²) in [5.74, 6) is 0.707. The maximum absolute atomic E-state index is 12.6. The minimum Gasteiger partial charge on any atom is -0.467 e. The molecule has 2 N–H and O–H groups in total. The number of aromatic nitrogens is 2. The fourth-order valence-electron chi connectivity index (χ4n) is 3.12. The van der Waals surface area contributed by atoms with E-state index in [0.717, 1.165) is 30.0 Å². The molecular formula is C18H22F3N5O2. The zero-order chi connectivity index (χ0) is 20.5. The van der Waals surface area contributed by atoms with Crippen molar-refractivity contribution in [1.29, 1.82) is 0 Å². The van der Waals surface area contributed by atoms with Crippen LogP contribution in [0.3, 0.4) is 0 Å². The van der Waals surface area contributed by atoms with Gasteiger partial charge in [-0.2, -0.15) is 13.2 Å². The van der Waals surface area contributed by atoms with Crippen molar-refractivity contribution >= 4 is 11.7 Å². The molecule has 2 aromatic heterocycles. The third kappa shape index (κ3) is 4.27. The van der Waals surface area contributed by atoms with Crippen LogP contribution in [-0.2, 0) is 12.7 Å². The summed E-state index contributed by atoms with van der Waals surface area (Å²) in [4.78, 5) is 22.6. The third-order valence-electron chi connectivity index (χ3n) is 4.83. The second-order valence-corrected chi connectivity index (χ2v) is 6.77. The molecule has 0 unspecified atom stereocenters. The smallest absolute Gasteiger partial charge is 0.419 e. The fourth-order valence-corrected chi connectivity index (χ4v) is 3.12. The maximum atomic E-state index is 12.6. The molecule has 0 saturated carbocycles. The lowest BCUT2D eigenvalue weighted by Gasteiger charge is -2.21. The number of nitrogens with zero attached hydrogens (tertiary/aromatic N) is 3. The van der Waals surface area contributed by atoms with Gasteiger partial charge in [0.1, 0.15) is 17.8 Å². The molecule has 0 aromatic carbocycles. The van der Waals surface area contributed by atoms with Gasteiger partial charge in [0.25, 0.3) is 5.91 Å². The molecule has 10 heteroatoms. The minimum absolute atomic E-state index is 0.0672. The van der Waals surface area contributed by atoms with Gasteiger partial charge in [-0.25, -0.2) is 9.97 Å². The number of alkyl halides is 3. The van der Waals surface area contributed by atoms with Gasteiger partial charge in [0.05, 0.1) is 12.1 Å². The molecule has 0 spiro atoms. The summed E-state index contributed by atoms with van der Waals surface area (Å²) < 4.78 is 42.9. The quantitative estimate of drug-likeness (QED) is 0.806. The monoisotopic (exact) mass is 397 g/mol. The Balaban J connectivity index is 1.65. The summed E-state index contributed by atoms with van der Waals surface area (Å²) in [6.07, 6.45) is -2.88. The van der Waals surface area contributed by atoms with Crippen molar-refractivity contribution in [3.05, 3.63) is 40.7 Å². The van der Waals surface area contributed by atoms with E-state index in [1.54, 1.807) is 0 Å². The van der Waals surface area contributed by atoms with Crippen LogP contribution >= 0.6 is 0 Å². The molecule has 0 radical (unpaired) electrons. The lowest BCUT2D eigenvalue weighted by Crippen LogP contribution is -2.33. The number of anilines is 1. The van der Waals surface area contributed by atoms with Gasteiger partial charge < -0.3 is 20.0 Å². The number of rotatable bonds is 5. The molecule has 0 bridgehead atoms. The van der Waals surface area contributed by atoms with E-state index >= 15 is 0 Å². The van der Waals surface area contributed by atoms with Crippen molar-refractivity contribution in [3.63, 3.8) is 0 Å². The number of halogens is 3. The molecular weight excluding hydrogens is 375 g/mol. The molecule has 152 valence electrons. The first-order chi connectivity index (χ1) is 13.2. The summed E-state index contributed by atoms with van der Waals surface area (Å²) in [6, 6.07) is 1.07. The first-order valence-electron chi connectivity index (χ1n) is 8.89. The minimum atomic E-state index is -4.41. The van der Waals surface area contributed by atoms with E-state index in [4.69, 9.17) is 4.42 Å². The maximum Gasteiger partial charge on any atom is 0.419 e. The molecule has 0 aliphatic carbocycles. The Morgan fingerprint density at radius 1 is 1.36 bits per heavy atom. The number of furan rings is 1. The molecule has 1 amide bonds. The zero-order valence-electron chi connectivity index (χ0n) is 15.9. The third-order valence-corrected chi connectivity index (χ3v) is 4.83. The lowest BCUT2D eigenvalue weighted by atomic mass is 10.2. The molecule has 1 fully saturated rings. The van der Waals surface area contributed by atoms with Crippen LogP contribution in [0.25, 0.3) is 0 Å². The van der Waals surface area contributed by atoms with Gasteiger partial charge in [-0.1, -0.05) is 0 Å². The first kappa shape index (κ1) is 20.1. The molecule has 3 heterocycles. The topological polar surface area (TPSA) is 83.3 Å². The number of hydrogen-bond acceptors (Lipinski definition) is 6. The van der Waals surface area contributed by atoms with Crippen molar-refractivity contribution in [2.75, 3.05) is 25.0 Å². The van der Waals surface area contributed by atoms with E-state index in [1.165, 1.54) is 7.05 Å². The Hall–Kier alpha value is -2.62. The van der Waals surface area contributed by atoms with Crippen LogP contribution in [0, 0.1) is 13.8 Å². The van der Waals surface area contributed by atoms with E-state index < -0.39 is 11.7 Å². The Morgan fingerprint density at radius 2 is 2.11 bits per heavy atom. The lowest BCUT2D eigenvalue weighted by molar-refractivity contribution is -0.137. The van der Waals surface area contributed by atoms with Crippen LogP contribution in [0.5, 0.6) is 0 Å². The van der Waals surface area contributed by atoms with Crippen LogP contribution in [0.1, 0.15) is 39.6 Å². The fraction of sp³-hybridized carbons (Fsp3) is 0.500. The van der Waals surface area contributed by atoms with Crippen molar-refractivity contribution in [1.82, 2.24) is 20.6 Å². The van der Waals surface area contributed by atoms with E-state index in [-0.39, 0.29) is 30.1 Å². The van der Waals surface area contributed by atoms with Crippen LogP contribution < -0.4 is 15.5 Å². The van der Waals surface area contributed by atoms with E-state index in [2.05, 4.69) is 25.5 Å². The number of carbonyl (C=O) groups is 1. The van der Waals surface area contributed by atoms with Crippen LogP contribution in [-0.4, -0.2) is 42.1 Å². The van der Waals surface area contributed by atoms with Crippen molar-refractivity contribution in [2.24, 2.45) is 0 Å².